The molecule has 7 heteroatoms. The first-order valence-electron chi connectivity index (χ1n) is 8.73. The molecule has 2 N–H and O–H groups in total. The molecule has 0 atom stereocenters. The second kappa shape index (κ2) is 7.82. The van der Waals surface area contributed by atoms with Gasteiger partial charge in [-0.15, -0.1) is 0 Å². The average molecular weight is 376 g/mol. The maximum atomic E-state index is 12.8. The molecule has 0 unspecified atom stereocenters. The third kappa shape index (κ3) is 4.67. The van der Waals surface area contributed by atoms with Crippen LogP contribution < -0.4 is 10.6 Å². The zero-order valence-corrected chi connectivity index (χ0v) is 14.5. The van der Waals surface area contributed by atoms with Crippen LogP contribution in [0.25, 0.3) is 0 Å². The predicted molar refractivity (Wildman–Crippen MR) is 96.4 cm³/mol. The Kier molecular flexibility index (Phi) is 5.48. The number of hydrogen-bond acceptors (Lipinski definition) is 2. The molecule has 0 spiro atoms. The van der Waals surface area contributed by atoms with Gasteiger partial charge in [0.2, 0.25) is 5.91 Å². The number of para-hydroxylation sites is 1. The number of amides is 2. The van der Waals surface area contributed by atoms with Crippen LogP contribution in [0, 0.1) is 5.92 Å². The number of halogens is 3. The van der Waals surface area contributed by atoms with Gasteiger partial charge in [-0.25, -0.2) is 0 Å². The van der Waals surface area contributed by atoms with Crippen molar-refractivity contribution in [3.8, 4) is 0 Å². The second-order valence-electron chi connectivity index (χ2n) is 6.55. The smallest absolute Gasteiger partial charge is 0.325 e. The first kappa shape index (κ1) is 18.9. The standard InChI is InChI=1S/C20H19F3N2O2/c21-20(22,23)14-8-5-9-15(12-14)24-19(27)16-10-3-4-11-17(16)25-18(26)13-6-1-2-7-13/h3-5,8-13H,1-2,6-7H2,(H,24,27)(H,25,26). The van der Waals surface area contributed by atoms with E-state index >= 15 is 0 Å². The molecule has 2 amide bonds. The fraction of sp³-hybridized carbons (Fsp3) is 0.300. The SMILES string of the molecule is O=C(Nc1cccc(C(F)(F)F)c1)c1ccccc1NC(=O)C1CCCC1. The summed E-state index contributed by atoms with van der Waals surface area (Å²) in [5, 5.41) is 5.24. The number of nitrogens with one attached hydrogen (secondary N) is 2. The van der Waals surface area contributed by atoms with Gasteiger partial charge in [-0.2, -0.15) is 13.2 Å². The molecule has 27 heavy (non-hydrogen) atoms. The lowest BCUT2D eigenvalue weighted by Gasteiger charge is -2.14. The fourth-order valence-electron chi connectivity index (χ4n) is 3.18. The van der Waals surface area contributed by atoms with Gasteiger partial charge >= 0.3 is 6.18 Å². The van der Waals surface area contributed by atoms with Crippen molar-refractivity contribution in [3.05, 3.63) is 59.7 Å². The van der Waals surface area contributed by atoms with Gasteiger partial charge in [0.15, 0.2) is 0 Å². The summed E-state index contributed by atoms with van der Waals surface area (Å²) in [5.41, 5.74) is -0.269. The van der Waals surface area contributed by atoms with E-state index in [2.05, 4.69) is 10.6 Å². The molecular weight excluding hydrogens is 357 g/mol. The van der Waals surface area contributed by atoms with Crippen molar-refractivity contribution in [2.24, 2.45) is 5.92 Å². The molecular formula is C20H19F3N2O2. The highest BCUT2D eigenvalue weighted by Gasteiger charge is 2.30. The Morgan fingerprint density at radius 2 is 1.63 bits per heavy atom. The lowest BCUT2D eigenvalue weighted by molar-refractivity contribution is -0.137. The van der Waals surface area contributed by atoms with E-state index in [1.165, 1.54) is 18.2 Å². The number of carbonyl (C=O) groups excluding carboxylic acids is 2. The van der Waals surface area contributed by atoms with Gasteiger partial charge in [0.1, 0.15) is 0 Å². The molecule has 3 rings (SSSR count). The van der Waals surface area contributed by atoms with Gasteiger partial charge < -0.3 is 10.6 Å². The van der Waals surface area contributed by atoms with Crippen LogP contribution >= 0.6 is 0 Å². The number of carbonyl (C=O) groups is 2. The quantitative estimate of drug-likeness (QED) is 0.781. The molecule has 2 aromatic rings. The van der Waals surface area contributed by atoms with E-state index in [4.69, 9.17) is 0 Å². The molecule has 4 nitrogen and oxygen atoms in total. The van der Waals surface area contributed by atoms with Crippen LogP contribution in [-0.4, -0.2) is 11.8 Å². The lowest BCUT2D eigenvalue weighted by Crippen LogP contribution is -2.23. The number of benzene rings is 2. The van der Waals surface area contributed by atoms with Gasteiger partial charge in [-0.05, 0) is 43.2 Å². The Morgan fingerprint density at radius 1 is 0.926 bits per heavy atom. The highest BCUT2D eigenvalue weighted by molar-refractivity contribution is 6.10. The fourth-order valence-corrected chi connectivity index (χ4v) is 3.18. The number of anilines is 2. The lowest BCUT2D eigenvalue weighted by atomic mass is 10.1. The predicted octanol–water partition coefficient (Wildman–Crippen LogP) is 5.09. The summed E-state index contributed by atoms with van der Waals surface area (Å²) < 4.78 is 38.5. The Morgan fingerprint density at radius 3 is 2.33 bits per heavy atom. The van der Waals surface area contributed by atoms with Gasteiger partial charge in [-0.3, -0.25) is 9.59 Å². The molecule has 0 heterocycles. The Balaban J connectivity index is 1.76. The van der Waals surface area contributed by atoms with Crippen LogP contribution in [0.4, 0.5) is 24.5 Å². The zero-order valence-electron chi connectivity index (χ0n) is 14.5. The summed E-state index contributed by atoms with van der Waals surface area (Å²) in [5.74, 6) is -0.784. The van der Waals surface area contributed by atoms with E-state index in [0.29, 0.717) is 5.69 Å². The van der Waals surface area contributed by atoms with Crippen LogP contribution in [0.5, 0.6) is 0 Å². The minimum atomic E-state index is -4.49. The van der Waals surface area contributed by atoms with E-state index in [1.54, 1.807) is 18.2 Å². The Bertz CT molecular complexity index is 843. The van der Waals surface area contributed by atoms with Crippen LogP contribution in [0.3, 0.4) is 0 Å². The van der Waals surface area contributed by atoms with Crippen molar-refractivity contribution in [3.63, 3.8) is 0 Å². The van der Waals surface area contributed by atoms with Gasteiger partial charge in [0.25, 0.3) is 5.91 Å². The maximum absolute atomic E-state index is 12.8. The molecule has 1 aliphatic carbocycles. The summed E-state index contributed by atoms with van der Waals surface area (Å²) in [6.07, 6.45) is -0.825. The van der Waals surface area contributed by atoms with Crippen LogP contribution in [0.15, 0.2) is 48.5 Å². The van der Waals surface area contributed by atoms with Crippen LogP contribution in [0.2, 0.25) is 0 Å². The first-order valence-corrected chi connectivity index (χ1v) is 8.73. The van der Waals surface area contributed by atoms with Crippen LogP contribution in [0.1, 0.15) is 41.6 Å². The molecule has 1 fully saturated rings. The topological polar surface area (TPSA) is 58.2 Å². The Labute approximate surface area is 154 Å². The maximum Gasteiger partial charge on any atom is 0.416 e. The molecule has 0 saturated heterocycles. The number of hydrogen-bond donors (Lipinski definition) is 2. The first-order chi connectivity index (χ1) is 12.8. The molecule has 142 valence electrons. The van der Waals surface area contributed by atoms with Crippen molar-refractivity contribution >= 4 is 23.2 Å². The van der Waals surface area contributed by atoms with E-state index in [9.17, 15) is 22.8 Å². The monoisotopic (exact) mass is 376 g/mol. The van der Waals surface area contributed by atoms with E-state index < -0.39 is 17.6 Å². The number of rotatable bonds is 4. The van der Waals surface area contributed by atoms with Gasteiger partial charge in [0.05, 0.1) is 16.8 Å². The Hall–Kier alpha value is -2.83. The van der Waals surface area contributed by atoms with E-state index in [1.807, 2.05) is 0 Å². The van der Waals surface area contributed by atoms with Crippen molar-refractivity contribution in [2.75, 3.05) is 10.6 Å². The molecule has 0 bridgehead atoms. The third-order valence-electron chi connectivity index (χ3n) is 4.60. The minimum absolute atomic E-state index is 0.0340. The third-order valence-corrected chi connectivity index (χ3v) is 4.60. The van der Waals surface area contributed by atoms with Crippen LogP contribution in [-0.2, 0) is 11.0 Å². The molecule has 0 radical (unpaired) electrons. The normalized spacial score (nSPS) is 14.8. The molecule has 1 aliphatic rings. The average Bonchev–Trinajstić information content (AvgIpc) is 3.16. The zero-order chi connectivity index (χ0) is 19.4. The minimum Gasteiger partial charge on any atom is -0.325 e. The molecule has 2 aromatic carbocycles. The van der Waals surface area contributed by atoms with Crippen molar-refractivity contribution < 1.29 is 22.8 Å². The van der Waals surface area contributed by atoms with Gasteiger partial charge in [-0.1, -0.05) is 31.0 Å². The summed E-state index contributed by atoms with van der Waals surface area (Å²) in [6, 6.07) is 10.9. The van der Waals surface area contributed by atoms with E-state index in [-0.39, 0.29) is 23.1 Å². The van der Waals surface area contributed by atoms with Gasteiger partial charge in [0, 0.05) is 11.6 Å². The highest BCUT2D eigenvalue weighted by Crippen LogP contribution is 2.31. The molecule has 1 saturated carbocycles. The summed E-state index contributed by atoms with van der Waals surface area (Å²) >= 11 is 0. The highest BCUT2D eigenvalue weighted by atomic mass is 19.4. The largest absolute Gasteiger partial charge is 0.416 e. The summed E-state index contributed by atoms with van der Waals surface area (Å²) in [7, 11) is 0. The molecule has 0 aliphatic heterocycles. The van der Waals surface area contributed by atoms with Crippen molar-refractivity contribution in [2.45, 2.75) is 31.9 Å². The van der Waals surface area contributed by atoms with Crippen molar-refractivity contribution in [1.29, 1.82) is 0 Å². The number of alkyl halides is 3. The molecule has 0 aromatic heterocycles. The summed E-state index contributed by atoms with van der Waals surface area (Å²) in [6.45, 7) is 0. The van der Waals surface area contributed by atoms with Crippen molar-refractivity contribution in [1.82, 2.24) is 0 Å². The summed E-state index contributed by atoms with van der Waals surface area (Å²) in [4.78, 5) is 24.9. The second-order valence-corrected chi connectivity index (χ2v) is 6.55. The van der Waals surface area contributed by atoms with E-state index in [0.717, 1.165) is 37.8 Å².